The molecule has 18 heavy (non-hydrogen) atoms. The van der Waals surface area contributed by atoms with Crippen molar-refractivity contribution in [3.8, 4) is 11.5 Å². The summed E-state index contributed by atoms with van der Waals surface area (Å²) in [4.78, 5) is 10.2. The van der Waals surface area contributed by atoms with Gasteiger partial charge in [0.05, 0.1) is 5.56 Å². The Morgan fingerprint density at radius 1 is 0.944 bits per heavy atom. The lowest BCUT2D eigenvalue weighted by Gasteiger charge is -1.92. The summed E-state index contributed by atoms with van der Waals surface area (Å²) in [6, 6.07) is 12.5. The largest absolute Gasteiger partial charge is 0.508 e. The number of benzene rings is 2. The van der Waals surface area contributed by atoms with Crippen molar-refractivity contribution in [3.05, 3.63) is 59.7 Å². The van der Waals surface area contributed by atoms with Crippen LogP contribution in [0, 0.1) is 6.92 Å². The molecule has 0 spiro atoms. The summed E-state index contributed by atoms with van der Waals surface area (Å²) in [5.41, 5.74) is 1.27. The van der Waals surface area contributed by atoms with Crippen LogP contribution in [-0.4, -0.2) is 21.3 Å². The first kappa shape index (κ1) is 13.6. The van der Waals surface area contributed by atoms with Gasteiger partial charge in [-0.25, -0.2) is 4.79 Å². The molecule has 0 aliphatic rings. The predicted octanol–water partition coefficient (Wildman–Crippen LogP) is 2.79. The van der Waals surface area contributed by atoms with E-state index in [4.69, 9.17) is 15.3 Å². The van der Waals surface area contributed by atoms with Crippen molar-refractivity contribution < 1.29 is 20.1 Å². The number of aromatic carboxylic acids is 1. The van der Waals surface area contributed by atoms with Crippen molar-refractivity contribution in [1.82, 2.24) is 0 Å². The lowest BCUT2D eigenvalue weighted by atomic mass is 10.2. The molecule has 0 aliphatic carbocycles. The monoisotopic (exact) mass is 246 g/mol. The number of rotatable bonds is 1. The van der Waals surface area contributed by atoms with Gasteiger partial charge in [0.25, 0.3) is 0 Å². The lowest BCUT2D eigenvalue weighted by Crippen LogP contribution is -1.93. The molecule has 4 heteroatoms. The fourth-order valence-electron chi connectivity index (χ4n) is 1.23. The molecule has 0 fully saturated rings. The first-order valence-electron chi connectivity index (χ1n) is 5.27. The summed E-state index contributed by atoms with van der Waals surface area (Å²) in [7, 11) is 0. The average Bonchev–Trinajstić information content (AvgIpc) is 2.30. The SMILES string of the molecule is Cc1cccc(O)c1.O=C(O)c1ccc(O)cc1. The van der Waals surface area contributed by atoms with E-state index in [2.05, 4.69) is 0 Å². The van der Waals surface area contributed by atoms with E-state index < -0.39 is 5.97 Å². The number of phenolic OH excluding ortho intramolecular Hbond substituents is 2. The molecule has 0 heterocycles. The van der Waals surface area contributed by atoms with Gasteiger partial charge in [0, 0.05) is 0 Å². The number of phenols is 2. The molecule has 3 N–H and O–H groups in total. The molecular weight excluding hydrogens is 232 g/mol. The number of aromatic hydroxyl groups is 2. The summed E-state index contributed by atoms with van der Waals surface area (Å²) >= 11 is 0. The fraction of sp³-hybridized carbons (Fsp3) is 0.0714. The molecule has 2 rings (SSSR count). The van der Waals surface area contributed by atoms with E-state index in [9.17, 15) is 4.79 Å². The normalized spacial score (nSPS) is 9.17. The summed E-state index contributed by atoms with van der Waals surface area (Å²) < 4.78 is 0. The van der Waals surface area contributed by atoms with Crippen LogP contribution in [-0.2, 0) is 0 Å². The smallest absolute Gasteiger partial charge is 0.335 e. The van der Waals surface area contributed by atoms with Crippen LogP contribution in [0.3, 0.4) is 0 Å². The van der Waals surface area contributed by atoms with Crippen LogP contribution < -0.4 is 0 Å². The second-order valence-electron chi connectivity index (χ2n) is 3.69. The van der Waals surface area contributed by atoms with Gasteiger partial charge in [0.1, 0.15) is 11.5 Å². The summed E-state index contributed by atoms with van der Waals surface area (Å²) in [6.45, 7) is 1.94. The minimum absolute atomic E-state index is 0.0741. The first-order valence-corrected chi connectivity index (χ1v) is 5.27. The molecule has 0 aliphatic heterocycles. The van der Waals surface area contributed by atoms with E-state index in [1.54, 1.807) is 12.1 Å². The second-order valence-corrected chi connectivity index (χ2v) is 3.69. The van der Waals surface area contributed by atoms with Crippen molar-refractivity contribution in [3.63, 3.8) is 0 Å². The Labute approximate surface area is 105 Å². The van der Waals surface area contributed by atoms with Crippen LogP contribution in [0.2, 0.25) is 0 Å². The number of aryl methyl sites for hydroxylation is 1. The van der Waals surface area contributed by atoms with Gasteiger partial charge < -0.3 is 15.3 Å². The maximum atomic E-state index is 10.2. The van der Waals surface area contributed by atoms with Crippen LogP contribution in [0.5, 0.6) is 11.5 Å². The Morgan fingerprint density at radius 3 is 1.94 bits per heavy atom. The quantitative estimate of drug-likeness (QED) is 0.723. The number of carboxylic acids is 1. The van der Waals surface area contributed by atoms with Crippen molar-refractivity contribution in [2.24, 2.45) is 0 Å². The maximum Gasteiger partial charge on any atom is 0.335 e. The zero-order valence-electron chi connectivity index (χ0n) is 9.87. The van der Waals surface area contributed by atoms with Gasteiger partial charge in [-0.3, -0.25) is 0 Å². The number of hydrogen-bond acceptors (Lipinski definition) is 3. The Kier molecular flexibility index (Phi) is 4.75. The van der Waals surface area contributed by atoms with E-state index in [1.807, 2.05) is 19.1 Å². The third-order valence-corrected chi connectivity index (χ3v) is 2.12. The molecule has 94 valence electrons. The van der Waals surface area contributed by atoms with Gasteiger partial charge in [0.15, 0.2) is 0 Å². The molecule has 0 unspecified atom stereocenters. The Bertz CT molecular complexity index is 500. The molecule has 2 aromatic carbocycles. The topological polar surface area (TPSA) is 77.8 Å². The van der Waals surface area contributed by atoms with Gasteiger partial charge in [-0.15, -0.1) is 0 Å². The minimum atomic E-state index is -0.986. The number of carboxylic acid groups (broad SMARTS) is 1. The van der Waals surface area contributed by atoms with Gasteiger partial charge in [-0.05, 0) is 48.9 Å². The molecule has 0 radical (unpaired) electrons. The zero-order chi connectivity index (χ0) is 13.5. The minimum Gasteiger partial charge on any atom is -0.508 e. The highest BCUT2D eigenvalue weighted by Gasteiger charge is 1.99. The van der Waals surface area contributed by atoms with E-state index in [0.29, 0.717) is 5.75 Å². The van der Waals surface area contributed by atoms with E-state index in [-0.39, 0.29) is 11.3 Å². The number of hydrogen-bond donors (Lipinski definition) is 3. The summed E-state index contributed by atoms with van der Waals surface area (Å²) in [5.74, 6) is -0.574. The highest BCUT2D eigenvalue weighted by Crippen LogP contribution is 2.09. The van der Waals surface area contributed by atoms with Crippen LogP contribution >= 0.6 is 0 Å². The first-order chi connectivity index (χ1) is 8.49. The molecule has 0 amide bonds. The third kappa shape index (κ3) is 4.57. The standard InChI is InChI=1S/C7H6O3.C7H8O/c8-6-3-1-5(2-4-6)7(9)10;1-6-3-2-4-7(8)5-6/h1-4,8H,(H,9,10);2-5,8H,1H3. The second kappa shape index (κ2) is 6.30. The molecule has 0 saturated carbocycles. The van der Waals surface area contributed by atoms with Crippen molar-refractivity contribution >= 4 is 5.97 Å². The van der Waals surface area contributed by atoms with Gasteiger partial charge in [-0.2, -0.15) is 0 Å². The Hall–Kier alpha value is -2.49. The predicted molar refractivity (Wildman–Crippen MR) is 67.9 cm³/mol. The molecule has 0 bridgehead atoms. The molecule has 0 aromatic heterocycles. The molecule has 0 atom stereocenters. The molecule has 2 aromatic rings. The van der Waals surface area contributed by atoms with Crippen molar-refractivity contribution in [2.75, 3.05) is 0 Å². The Morgan fingerprint density at radius 2 is 1.56 bits per heavy atom. The summed E-state index contributed by atoms with van der Waals surface area (Å²) in [5, 5.41) is 26.0. The molecule has 4 nitrogen and oxygen atoms in total. The van der Waals surface area contributed by atoms with Crippen molar-refractivity contribution in [2.45, 2.75) is 6.92 Å². The third-order valence-electron chi connectivity index (χ3n) is 2.12. The van der Waals surface area contributed by atoms with Crippen LogP contribution in [0.4, 0.5) is 0 Å². The van der Waals surface area contributed by atoms with Crippen LogP contribution in [0.25, 0.3) is 0 Å². The van der Waals surface area contributed by atoms with Crippen LogP contribution in [0.15, 0.2) is 48.5 Å². The maximum absolute atomic E-state index is 10.2. The van der Waals surface area contributed by atoms with Crippen LogP contribution in [0.1, 0.15) is 15.9 Å². The molecule has 0 saturated heterocycles. The van der Waals surface area contributed by atoms with E-state index >= 15 is 0 Å². The van der Waals surface area contributed by atoms with E-state index in [0.717, 1.165) is 5.56 Å². The fourth-order valence-corrected chi connectivity index (χ4v) is 1.23. The summed E-state index contributed by atoms with van der Waals surface area (Å²) in [6.07, 6.45) is 0. The molecular formula is C14H14O4. The van der Waals surface area contributed by atoms with Gasteiger partial charge in [-0.1, -0.05) is 12.1 Å². The van der Waals surface area contributed by atoms with Gasteiger partial charge >= 0.3 is 5.97 Å². The highest BCUT2D eigenvalue weighted by atomic mass is 16.4. The van der Waals surface area contributed by atoms with Crippen molar-refractivity contribution in [1.29, 1.82) is 0 Å². The zero-order valence-corrected chi connectivity index (χ0v) is 9.87. The lowest BCUT2D eigenvalue weighted by molar-refractivity contribution is 0.0697. The van der Waals surface area contributed by atoms with E-state index in [1.165, 1.54) is 24.3 Å². The van der Waals surface area contributed by atoms with Gasteiger partial charge in [0.2, 0.25) is 0 Å². The Balaban J connectivity index is 0.000000184. The number of carbonyl (C=O) groups is 1. The highest BCUT2D eigenvalue weighted by molar-refractivity contribution is 5.87. The average molecular weight is 246 g/mol.